The van der Waals surface area contributed by atoms with E-state index in [2.05, 4.69) is 0 Å². The first-order valence-corrected chi connectivity index (χ1v) is 8.47. The zero-order valence-electron chi connectivity index (χ0n) is 13.5. The fourth-order valence-corrected chi connectivity index (χ4v) is 3.90. The van der Waals surface area contributed by atoms with Gasteiger partial charge in [0.1, 0.15) is 5.75 Å². The molecule has 0 atom stereocenters. The lowest BCUT2D eigenvalue weighted by molar-refractivity contribution is 0.123. The van der Waals surface area contributed by atoms with Gasteiger partial charge >= 0.3 is 8.80 Å². The summed E-state index contributed by atoms with van der Waals surface area (Å²) in [6.45, 7) is 0. The van der Waals surface area contributed by atoms with E-state index in [4.69, 9.17) is 27.5 Å². The molecule has 0 unspecified atom stereocenters. The third kappa shape index (κ3) is 3.88. The molecule has 21 heavy (non-hydrogen) atoms. The summed E-state index contributed by atoms with van der Waals surface area (Å²) < 4.78 is 32.5. The van der Waals surface area contributed by atoms with Crippen molar-refractivity contribution in [2.45, 2.75) is 12.5 Å². The number of methoxy groups -OCH3 is 3. The minimum atomic E-state index is -2.65. The fraction of sp³-hybridized carbons (Fsp3) is 0.571. The third-order valence-electron chi connectivity index (χ3n) is 3.44. The smallest absolute Gasteiger partial charge is 0.496 e. The second kappa shape index (κ2) is 8.23. The molecule has 0 heterocycles. The number of hydrogen-bond acceptors (Lipinski definition) is 6. The number of ether oxygens (including phenoxy) is 3. The molecule has 1 rings (SSSR count). The summed E-state index contributed by atoms with van der Waals surface area (Å²) in [4.78, 5) is 0. The van der Waals surface area contributed by atoms with E-state index >= 15 is 0 Å². The molecule has 0 aliphatic carbocycles. The van der Waals surface area contributed by atoms with Gasteiger partial charge in [-0.1, -0.05) is 0 Å². The SMILES string of the molecule is COc1ccc(OC)c(OC)c1CC[Si](OC)(OC)OC. The van der Waals surface area contributed by atoms with Gasteiger partial charge in [0.05, 0.1) is 21.3 Å². The second-order valence-corrected chi connectivity index (χ2v) is 7.37. The van der Waals surface area contributed by atoms with Crippen LogP contribution in [0.2, 0.25) is 6.04 Å². The maximum absolute atomic E-state index is 5.46. The largest absolute Gasteiger partial charge is 0.500 e. The molecular weight excluding hydrogens is 292 g/mol. The van der Waals surface area contributed by atoms with E-state index in [1.54, 1.807) is 42.7 Å². The highest BCUT2D eigenvalue weighted by Crippen LogP contribution is 2.38. The lowest BCUT2D eigenvalue weighted by atomic mass is 10.1. The molecule has 7 heteroatoms. The van der Waals surface area contributed by atoms with E-state index in [1.807, 2.05) is 12.1 Å². The Kier molecular flexibility index (Phi) is 6.96. The van der Waals surface area contributed by atoms with Crippen LogP contribution in [0.5, 0.6) is 17.2 Å². The molecule has 120 valence electrons. The average Bonchev–Trinajstić information content (AvgIpc) is 2.55. The van der Waals surface area contributed by atoms with Gasteiger partial charge < -0.3 is 27.5 Å². The molecule has 6 nitrogen and oxygen atoms in total. The Morgan fingerprint density at radius 2 is 1.29 bits per heavy atom. The topological polar surface area (TPSA) is 55.4 Å². The van der Waals surface area contributed by atoms with Crippen LogP contribution in [0, 0.1) is 0 Å². The minimum absolute atomic E-state index is 0.608. The highest BCUT2D eigenvalue weighted by molar-refractivity contribution is 6.60. The summed E-state index contributed by atoms with van der Waals surface area (Å²) in [6, 6.07) is 4.28. The highest BCUT2D eigenvalue weighted by Gasteiger charge is 2.38. The summed E-state index contributed by atoms with van der Waals surface area (Å²) in [5.74, 6) is 2.05. The van der Waals surface area contributed by atoms with E-state index in [0.29, 0.717) is 24.0 Å². The minimum Gasteiger partial charge on any atom is -0.496 e. The number of rotatable bonds is 9. The Morgan fingerprint density at radius 3 is 1.71 bits per heavy atom. The summed E-state index contributed by atoms with van der Waals surface area (Å²) in [6.07, 6.45) is 0.630. The van der Waals surface area contributed by atoms with Crippen molar-refractivity contribution < 1.29 is 27.5 Å². The average molecular weight is 316 g/mol. The Bertz CT molecular complexity index is 439. The van der Waals surface area contributed by atoms with Crippen LogP contribution in [0.4, 0.5) is 0 Å². The molecule has 0 aliphatic rings. The van der Waals surface area contributed by atoms with Gasteiger partial charge in [0.15, 0.2) is 11.5 Å². The van der Waals surface area contributed by atoms with Crippen LogP contribution in [0.25, 0.3) is 0 Å². The predicted octanol–water partition coefficient (Wildman–Crippen LogP) is 2.13. The van der Waals surface area contributed by atoms with Crippen molar-refractivity contribution >= 4 is 8.80 Å². The molecule has 0 amide bonds. The molecule has 0 spiro atoms. The first-order chi connectivity index (χ1) is 10.1. The van der Waals surface area contributed by atoms with Crippen LogP contribution in [0.1, 0.15) is 5.56 Å². The van der Waals surface area contributed by atoms with Crippen molar-refractivity contribution in [3.8, 4) is 17.2 Å². The quantitative estimate of drug-likeness (QED) is 0.651. The highest BCUT2D eigenvalue weighted by atomic mass is 28.4. The molecule has 0 N–H and O–H groups in total. The maximum atomic E-state index is 5.46. The Hall–Kier alpha value is -1.28. The van der Waals surface area contributed by atoms with Gasteiger partial charge in [-0.05, 0) is 18.6 Å². The second-order valence-electron chi connectivity index (χ2n) is 4.28. The van der Waals surface area contributed by atoms with Gasteiger partial charge in [-0.15, -0.1) is 0 Å². The molecular formula is C14H24O6Si. The number of hydrogen-bond donors (Lipinski definition) is 0. The molecule has 0 fully saturated rings. The number of benzene rings is 1. The molecule has 0 radical (unpaired) electrons. The zero-order valence-corrected chi connectivity index (χ0v) is 14.5. The van der Waals surface area contributed by atoms with E-state index < -0.39 is 8.80 Å². The van der Waals surface area contributed by atoms with E-state index in [1.165, 1.54) is 0 Å². The van der Waals surface area contributed by atoms with Gasteiger partial charge in [-0.2, -0.15) is 0 Å². The lowest BCUT2D eigenvalue weighted by Gasteiger charge is -2.25. The molecule has 0 saturated carbocycles. The van der Waals surface area contributed by atoms with Gasteiger partial charge in [0.25, 0.3) is 0 Å². The Morgan fingerprint density at radius 1 is 0.762 bits per heavy atom. The molecule has 1 aromatic carbocycles. The zero-order chi connectivity index (χ0) is 15.9. The van der Waals surface area contributed by atoms with E-state index in [0.717, 1.165) is 11.3 Å². The van der Waals surface area contributed by atoms with Crippen LogP contribution >= 0.6 is 0 Å². The molecule has 0 aliphatic heterocycles. The maximum Gasteiger partial charge on any atom is 0.500 e. The monoisotopic (exact) mass is 316 g/mol. The van der Waals surface area contributed by atoms with Crippen molar-refractivity contribution in [1.29, 1.82) is 0 Å². The van der Waals surface area contributed by atoms with Crippen molar-refractivity contribution in [3.05, 3.63) is 17.7 Å². The summed E-state index contributed by atoms with van der Waals surface area (Å²) in [5.41, 5.74) is 0.905. The van der Waals surface area contributed by atoms with Gasteiger partial charge in [0, 0.05) is 32.9 Å². The van der Waals surface area contributed by atoms with Crippen LogP contribution < -0.4 is 14.2 Å². The molecule has 0 aromatic heterocycles. The van der Waals surface area contributed by atoms with Gasteiger partial charge in [0.2, 0.25) is 0 Å². The van der Waals surface area contributed by atoms with Gasteiger partial charge in [-0.25, -0.2) is 0 Å². The summed E-state index contributed by atoms with van der Waals surface area (Å²) in [7, 11) is 6.97. The van der Waals surface area contributed by atoms with Crippen molar-refractivity contribution in [2.75, 3.05) is 42.7 Å². The standard InChI is InChI=1S/C14H24O6Si/c1-15-12-7-8-13(16-2)14(17-3)11(12)9-10-21(18-4,19-5)20-6/h7-8H,9-10H2,1-6H3. The van der Waals surface area contributed by atoms with Gasteiger partial charge in [-0.3, -0.25) is 0 Å². The first-order valence-electron chi connectivity index (χ1n) is 6.54. The fourth-order valence-electron chi connectivity index (χ4n) is 2.24. The summed E-state index contributed by atoms with van der Waals surface area (Å²) in [5, 5.41) is 0. The van der Waals surface area contributed by atoms with Crippen molar-refractivity contribution in [3.63, 3.8) is 0 Å². The first kappa shape index (κ1) is 17.8. The van der Waals surface area contributed by atoms with Crippen LogP contribution in [0.3, 0.4) is 0 Å². The van der Waals surface area contributed by atoms with Crippen LogP contribution in [-0.4, -0.2) is 51.5 Å². The predicted molar refractivity (Wildman–Crippen MR) is 81.4 cm³/mol. The molecule has 1 aromatic rings. The van der Waals surface area contributed by atoms with Crippen LogP contribution in [0.15, 0.2) is 12.1 Å². The van der Waals surface area contributed by atoms with Crippen LogP contribution in [-0.2, 0) is 19.7 Å². The van der Waals surface area contributed by atoms with Crippen molar-refractivity contribution in [2.24, 2.45) is 0 Å². The Balaban J connectivity index is 3.10. The Labute approximate surface area is 127 Å². The van der Waals surface area contributed by atoms with E-state index in [-0.39, 0.29) is 0 Å². The molecule has 0 saturated heterocycles. The van der Waals surface area contributed by atoms with Crippen molar-refractivity contribution in [1.82, 2.24) is 0 Å². The summed E-state index contributed by atoms with van der Waals surface area (Å²) >= 11 is 0. The molecule has 0 bridgehead atoms. The lowest BCUT2D eigenvalue weighted by Crippen LogP contribution is -2.43. The third-order valence-corrected chi connectivity index (χ3v) is 6.17. The normalized spacial score (nSPS) is 11.3. The van der Waals surface area contributed by atoms with E-state index in [9.17, 15) is 0 Å².